The third kappa shape index (κ3) is 2.70. The molecule has 1 atom stereocenters. The van der Waals surface area contributed by atoms with Gasteiger partial charge in [-0.3, -0.25) is 0 Å². The fourth-order valence-corrected chi connectivity index (χ4v) is 2.85. The molecule has 0 radical (unpaired) electrons. The summed E-state index contributed by atoms with van der Waals surface area (Å²) in [5.41, 5.74) is -1.08. The lowest BCUT2D eigenvalue weighted by Crippen LogP contribution is -2.55. The quantitative estimate of drug-likeness (QED) is 0.838. The zero-order chi connectivity index (χ0) is 15.5. The molecule has 1 aromatic rings. The van der Waals surface area contributed by atoms with Gasteiger partial charge in [0, 0.05) is 13.1 Å². The van der Waals surface area contributed by atoms with Crippen molar-refractivity contribution in [2.75, 3.05) is 6.54 Å². The van der Waals surface area contributed by atoms with Crippen LogP contribution in [0.1, 0.15) is 38.9 Å². The van der Waals surface area contributed by atoms with Crippen molar-refractivity contribution in [3.8, 4) is 0 Å². The van der Waals surface area contributed by atoms with Crippen molar-refractivity contribution in [3.63, 3.8) is 0 Å². The van der Waals surface area contributed by atoms with E-state index in [0.717, 1.165) is 6.54 Å². The van der Waals surface area contributed by atoms with E-state index in [1.54, 1.807) is 13.3 Å². The van der Waals surface area contributed by atoms with E-state index in [1.165, 1.54) is 4.90 Å². The number of aryl methyl sites for hydroxylation is 1. The minimum atomic E-state index is -1.08. The van der Waals surface area contributed by atoms with Crippen LogP contribution in [-0.4, -0.2) is 48.9 Å². The van der Waals surface area contributed by atoms with Gasteiger partial charge < -0.3 is 19.9 Å². The number of aromatic nitrogens is 3. The average Bonchev–Trinajstić information content (AvgIpc) is 3.11. The Morgan fingerprint density at radius 1 is 1.48 bits per heavy atom. The Hall–Kier alpha value is -2.12. The Morgan fingerprint density at radius 2 is 2.24 bits per heavy atom. The monoisotopic (exact) mass is 295 g/mol. The summed E-state index contributed by atoms with van der Waals surface area (Å²) in [6, 6.07) is -0.359. The molecule has 8 nitrogen and oxygen atoms in total. The first-order valence-corrected chi connectivity index (χ1v) is 7.20. The first-order chi connectivity index (χ1) is 10.0. The Kier molecular flexibility index (Phi) is 4.44. The highest BCUT2D eigenvalue weighted by atomic mass is 16.4. The van der Waals surface area contributed by atoms with E-state index in [4.69, 9.17) is 0 Å². The van der Waals surface area contributed by atoms with Gasteiger partial charge in [-0.05, 0) is 26.2 Å². The third-order valence-electron chi connectivity index (χ3n) is 4.15. The second kappa shape index (κ2) is 6.11. The number of carbonyl (C=O) groups excluding carboxylic acids is 1. The smallest absolute Gasteiger partial charge is 0.329 e. The first kappa shape index (κ1) is 15.3. The fraction of sp³-hybridized carbons (Fsp3) is 0.692. The van der Waals surface area contributed by atoms with Crippen LogP contribution in [0.4, 0.5) is 4.79 Å². The molecule has 8 heteroatoms. The molecule has 1 aliphatic rings. The Bertz CT molecular complexity index is 530. The van der Waals surface area contributed by atoms with Gasteiger partial charge in [0.1, 0.15) is 11.9 Å². The van der Waals surface area contributed by atoms with Crippen molar-refractivity contribution in [2.45, 2.75) is 51.7 Å². The lowest BCUT2D eigenvalue weighted by atomic mass is 9.93. The van der Waals surface area contributed by atoms with Crippen LogP contribution in [0.25, 0.3) is 0 Å². The number of hydrogen-bond acceptors (Lipinski definition) is 4. The van der Waals surface area contributed by atoms with Crippen LogP contribution in [0.5, 0.6) is 0 Å². The highest BCUT2D eigenvalue weighted by Gasteiger charge is 2.48. The van der Waals surface area contributed by atoms with E-state index < -0.39 is 11.5 Å². The standard InChI is InChI=1S/C13H21N5O3/c1-3-13(11(19)20)6-5-7-18(13)12(21)14-8-10-16-15-9-17(10)4-2/h9H,3-8H2,1-2H3,(H,14,21)(H,19,20). The number of hydrogen-bond donors (Lipinski definition) is 2. The maximum Gasteiger partial charge on any atom is 0.329 e. The van der Waals surface area contributed by atoms with E-state index in [-0.39, 0.29) is 12.6 Å². The molecule has 1 aromatic heterocycles. The summed E-state index contributed by atoms with van der Waals surface area (Å²) >= 11 is 0. The van der Waals surface area contributed by atoms with Gasteiger partial charge in [0.05, 0.1) is 6.54 Å². The van der Waals surface area contributed by atoms with E-state index in [1.807, 2.05) is 11.5 Å². The zero-order valence-electron chi connectivity index (χ0n) is 12.4. The summed E-state index contributed by atoms with van der Waals surface area (Å²) in [6.45, 7) is 5.18. The second-order valence-electron chi connectivity index (χ2n) is 5.14. The fourth-order valence-electron chi connectivity index (χ4n) is 2.85. The number of likely N-dealkylation sites (tertiary alicyclic amines) is 1. The topological polar surface area (TPSA) is 100 Å². The van der Waals surface area contributed by atoms with Crippen LogP contribution < -0.4 is 5.32 Å². The maximum absolute atomic E-state index is 12.3. The average molecular weight is 295 g/mol. The molecule has 1 aliphatic heterocycles. The van der Waals surface area contributed by atoms with Gasteiger partial charge in [0.2, 0.25) is 0 Å². The van der Waals surface area contributed by atoms with E-state index in [2.05, 4.69) is 15.5 Å². The van der Waals surface area contributed by atoms with Gasteiger partial charge in [-0.2, -0.15) is 0 Å². The predicted molar refractivity (Wildman–Crippen MR) is 74.5 cm³/mol. The van der Waals surface area contributed by atoms with Crippen molar-refractivity contribution in [1.82, 2.24) is 25.0 Å². The highest BCUT2D eigenvalue weighted by molar-refractivity contribution is 5.87. The Balaban J connectivity index is 2.04. The summed E-state index contributed by atoms with van der Waals surface area (Å²) in [4.78, 5) is 25.3. The molecule has 1 unspecified atom stereocenters. The molecule has 2 amide bonds. The Morgan fingerprint density at radius 3 is 2.86 bits per heavy atom. The largest absolute Gasteiger partial charge is 0.479 e. The van der Waals surface area contributed by atoms with Crippen LogP contribution >= 0.6 is 0 Å². The van der Waals surface area contributed by atoms with E-state index in [0.29, 0.717) is 31.6 Å². The molecule has 116 valence electrons. The summed E-state index contributed by atoms with van der Waals surface area (Å²) in [5.74, 6) is -0.281. The van der Waals surface area contributed by atoms with Crippen LogP contribution in [-0.2, 0) is 17.9 Å². The third-order valence-corrected chi connectivity index (χ3v) is 4.15. The van der Waals surface area contributed by atoms with Crippen molar-refractivity contribution in [2.24, 2.45) is 0 Å². The van der Waals surface area contributed by atoms with Crippen molar-refractivity contribution in [1.29, 1.82) is 0 Å². The minimum absolute atomic E-state index is 0.239. The molecule has 0 spiro atoms. The normalized spacial score (nSPS) is 21.5. The lowest BCUT2D eigenvalue weighted by molar-refractivity contribution is -0.148. The van der Waals surface area contributed by atoms with Gasteiger partial charge in [-0.15, -0.1) is 10.2 Å². The highest BCUT2D eigenvalue weighted by Crippen LogP contribution is 2.32. The molecule has 2 N–H and O–H groups in total. The number of carbonyl (C=O) groups is 2. The molecule has 1 saturated heterocycles. The Labute approximate surface area is 123 Å². The van der Waals surface area contributed by atoms with Gasteiger partial charge in [-0.1, -0.05) is 6.92 Å². The first-order valence-electron chi connectivity index (χ1n) is 7.20. The summed E-state index contributed by atoms with van der Waals surface area (Å²) in [6.07, 6.45) is 3.21. The van der Waals surface area contributed by atoms with Gasteiger partial charge in [-0.25, -0.2) is 9.59 Å². The number of carboxylic acid groups (broad SMARTS) is 1. The van der Waals surface area contributed by atoms with Gasteiger partial charge in [0.15, 0.2) is 5.82 Å². The van der Waals surface area contributed by atoms with E-state index in [9.17, 15) is 14.7 Å². The molecule has 21 heavy (non-hydrogen) atoms. The minimum Gasteiger partial charge on any atom is -0.479 e. The van der Waals surface area contributed by atoms with Crippen molar-refractivity contribution < 1.29 is 14.7 Å². The number of nitrogens with zero attached hydrogens (tertiary/aromatic N) is 4. The molecule has 0 saturated carbocycles. The van der Waals surface area contributed by atoms with Crippen LogP contribution in [0.3, 0.4) is 0 Å². The SMILES string of the molecule is CCn1cnnc1CNC(=O)N1CCCC1(CC)C(=O)O. The van der Waals surface area contributed by atoms with Crippen LogP contribution in [0.15, 0.2) is 6.33 Å². The molecule has 1 fully saturated rings. The summed E-state index contributed by atoms with van der Waals surface area (Å²) in [5, 5.41) is 20.0. The number of urea groups is 1. The lowest BCUT2D eigenvalue weighted by Gasteiger charge is -2.33. The molecule has 2 rings (SSSR count). The maximum atomic E-state index is 12.3. The van der Waals surface area contributed by atoms with Crippen LogP contribution in [0, 0.1) is 0 Å². The number of carboxylic acids is 1. The molecule has 0 aromatic carbocycles. The van der Waals surface area contributed by atoms with Crippen molar-refractivity contribution >= 4 is 12.0 Å². The number of rotatable bonds is 5. The number of nitrogens with one attached hydrogen (secondary N) is 1. The molecular weight excluding hydrogens is 274 g/mol. The summed E-state index contributed by atoms with van der Waals surface area (Å²) < 4.78 is 1.83. The van der Waals surface area contributed by atoms with Gasteiger partial charge >= 0.3 is 12.0 Å². The van der Waals surface area contributed by atoms with E-state index >= 15 is 0 Å². The van der Waals surface area contributed by atoms with Crippen LogP contribution in [0.2, 0.25) is 0 Å². The molecule has 2 heterocycles. The molecule has 0 bridgehead atoms. The second-order valence-corrected chi connectivity index (χ2v) is 5.14. The number of amides is 2. The predicted octanol–water partition coefficient (Wildman–Crippen LogP) is 0.837. The van der Waals surface area contributed by atoms with Crippen molar-refractivity contribution in [3.05, 3.63) is 12.2 Å². The van der Waals surface area contributed by atoms with Gasteiger partial charge in [0.25, 0.3) is 0 Å². The molecule has 0 aliphatic carbocycles. The summed E-state index contributed by atoms with van der Waals surface area (Å²) in [7, 11) is 0. The number of aliphatic carboxylic acids is 1. The zero-order valence-corrected chi connectivity index (χ0v) is 12.4. The molecular formula is C13H21N5O3.